The van der Waals surface area contributed by atoms with Gasteiger partial charge in [0.1, 0.15) is 0 Å². The first-order valence-corrected chi connectivity index (χ1v) is 11.5. The Labute approximate surface area is 174 Å². The van der Waals surface area contributed by atoms with Crippen molar-refractivity contribution >= 4 is 17.7 Å². The van der Waals surface area contributed by atoms with E-state index in [1.807, 2.05) is 18.2 Å². The number of carbonyl (C=O) groups excluding carboxylic acids is 1. The highest BCUT2D eigenvalue weighted by Gasteiger charge is 2.31. The number of amides is 1. The molecule has 2 aromatic rings. The lowest BCUT2D eigenvalue weighted by atomic mass is 10.2. The van der Waals surface area contributed by atoms with Gasteiger partial charge in [-0.2, -0.15) is 0 Å². The number of rotatable bonds is 6. The summed E-state index contributed by atoms with van der Waals surface area (Å²) < 4.78 is 13.8. The largest absolute Gasteiger partial charge is 0.490 e. The molecular formula is C21H26N4O3S. The zero-order valence-corrected chi connectivity index (χ0v) is 17.2. The maximum absolute atomic E-state index is 12.3. The van der Waals surface area contributed by atoms with Crippen LogP contribution in [0.15, 0.2) is 23.4 Å². The number of hydrogen-bond acceptors (Lipinski definition) is 6. The molecule has 0 unspecified atom stereocenters. The normalized spacial score (nSPS) is 19.2. The number of nitrogens with zero attached hydrogens (tertiary/aromatic N) is 3. The van der Waals surface area contributed by atoms with Crippen LogP contribution in [0.2, 0.25) is 0 Å². The van der Waals surface area contributed by atoms with Gasteiger partial charge in [0.2, 0.25) is 5.91 Å². The Morgan fingerprint density at radius 2 is 1.86 bits per heavy atom. The Morgan fingerprint density at radius 1 is 1.07 bits per heavy atom. The molecule has 1 N–H and O–H groups in total. The predicted octanol–water partition coefficient (Wildman–Crippen LogP) is 3.59. The Hall–Kier alpha value is -2.22. The number of thioether (sulfide) groups is 1. The van der Waals surface area contributed by atoms with Crippen LogP contribution in [0.5, 0.6) is 11.5 Å². The van der Waals surface area contributed by atoms with Crippen molar-refractivity contribution in [3.05, 3.63) is 18.2 Å². The molecule has 2 aliphatic carbocycles. The lowest BCUT2D eigenvalue weighted by Crippen LogP contribution is -2.33. The van der Waals surface area contributed by atoms with E-state index in [4.69, 9.17) is 9.47 Å². The van der Waals surface area contributed by atoms with Crippen LogP contribution in [0.25, 0.3) is 11.4 Å². The van der Waals surface area contributed by atoms with E-state index in [0.717, 1.165) is 60.1 Å². The Bertz CT molecular complexity index is 890. The van der Waals surface area contributed by atoms with Crippen molar-refractivity contribution in [1.29, 1.82) is 0 Å². The Balaban J connectivity index is 1.33. The van der Waals surface area contributed by atoms with Gasteiger partial charge in [0.15, 0.2) is 22.5 Å². The van der Waals surface area contributed by atoms with E-state index < -0.39 is 0 Å². The highest BCUT2D eigenvalue weighted by Crippen LogP contribution is 2.42. The van der Waals surface area contributed by atoms with Gasteiger partial charge in [0, 0.05) is 24.1 Å². The number of fused-ring (bicyclic) bond motifs is 1. The van der Waals surface area contributed by atoms with E-state index in [2.05, 4.69) is 20.1 Å². The molecule has 3 aliphatic rings. The summed E-state index contributed by atoms with van der Waals surface area (Å²) in [6.07, 6.45) is 7.76. The van der Waals surface area contributed by atoms with Crippen LogP contribution in [0.1, 0.15) is 51.0 Å². The average molecular weight is 415 g/mol. The molecule has 1 aromatic heterocycles. The Morgan fingerprint density at radius 3 is 2.66 bits per heavy atom. The van der Waals surface area contributed by atoms with Gasteiger partial charge in [-0.25, -0.2) is 0 Å². The first-order chi connectivity index (χ1) is 14.3. The number of aromatic nitrogens is 3. The van der Waals surface area contributed by atoms with Crippen molar-refractivity contribution in [3.8, 4) is 22.9 Å². The lowest BCUT2D eigenvalue weighted by molar-refractivity contribution is -0.119. The number of hydrogen-bond donors (Lipinski definition) is 1. The third-order valence-electron chi connectivity index (χ3n) is 5.63. The third kappa shape index (κ3) is 4.22. The van der Waals surface area contributed by atoms with Gasteiger partial charge in [-0.1, -0.05) is 24.6 Å². The van der Waals surface area contributed by atoms with Crippen molar-refractivity contribution in [2.24, 2.45) is 0 Å². The highest BCUT2D eigenvalue weighted by atomic mass is 32.2. The second-order valence-corrected chi connectivity index (χ2v) is 8.90. The topological polar surface area (TPSA) is 78.3 Å². The van der Waals surface area contributed by atoms with Gasteiger partial charge in [-0.3, -0.25) is 9.36 Å². The zero-order chi connectivity index (χ0) is 19.6. The van der Waals surface area contributed by atoms with Crippen LogP contribution in [0.3, 0.4) is 0 Å². The maximum Gasteiger partial charge on any atom is 0.230 e. The average Bonchev–Trinajstić information content (AvgIpc) is 3.36. The van der Waals surface area contributed by atoms with Crippen molar-refractivity contribution < 1.29 is 14.3 Å². The minimum atomic E-state index is 0.0874. The molecule has 1 amide bonds. The fourth-order valence-corrected chi connectivity index (χ4v) is 4.82. The molecule has 7 nitrogen and oxygen atoms in total. The quantitative estimate of drug-likeness (QED) is 0.728. The van der Waals surface area contributed by atoms with Crippen molar-refractivity contribution in [2.45, 2.75) is 62.2 Å². The van der Waals surface area contributed by atoms with E-state index >= 15 is 0 Å². The van der Waals surface area contributed by atoms with Crippen LogP contribution in [-0.4, -0.2) is 45.7 Å². The predicted molar refractivity (Wildman–Crippen MR) is 110 cm³/mol. The Kier molecular flexibility index (Phi) is 5.35. The molecule has 2 heterocycles. The summed E-state index contributed by atoms with van der Waals surface area (Å²) in [6, 6.07) is 6.71. The molecule has 8 heteroatoms. The number of ether oxygens (including phenoxy) is 2. The molecular weight excluding hydrogens is 388 g/mol. The van der Waals surface area contributed by atoms with Crippen LogP contribution in [0.4, 0.5) is 0 Å². The summed E-state index contributed by atoms with van der Waals surface area (Å²) in [4.78, 5) is 12.3. The van der Waals surface area contributed by atoms with E-state index in [-0.39, 0.29) is 5.91 Å². The minimum absolute atomic E-state index is 0.0874. The second-order valence-electron chi connectivity index (χ2n) is 7.96. The van der Waals surface area contributed by atoms with E-state index in [0.29, 0.717) is 31.1 Å². The molecule has 0 radical (unpaired) electrons. The summed E-state index contributed by atoms with van der Waals surface area (Å²) in [5, 5.41) is 12.8. The van der Waals surface area contributed by atoms with Gasteiger partial charge >= 0.3 is 0 Å². The van der Waals surface area contributed by atoms with Gasteiger partial charge in [0.25, 0.3) is 0 Å². The molecule has 0 spiro atoms. The molecule has 2 fully saturated rings. The second kappa shape index (κ2) is 8.26. The van der Waals surface area contributed by atoms with E-state index in [9.17, 15) is 4.79 Å². The smallest absolute Gasteiger partial charge is 0.230 e. The molecule has 0 saturated heterocycles. The summed E-state index contributed by atoms with van der Waals surface area (Å²) in [6.45, 7) is 1.33. The molecule has 1 aliphatic heterocycles. The summed E-state index contributed by atoms with van der Waals surface area (Å²) in [5.74, 6) is 2.84. The van der Waals surface area contributed by atoms with Gasteiger partial charge < -0.3 is 14.8 Å². The van der Waals surface area contributed by atoms with Crippen LogP contribution >= 0.6 is 11.8 Å². The monoisotopic (exact) mass is 414 g/mol. The lowest BCUT2D eigenvalue weighted by Gasteiger charge is -2.13. The molecule has 29 heavy (non-hydrogen) atoms. The van der Waals surface area contributed by atoms with Crippen LogP contribution < -0.4 is 14.8 Å². The summed E-state index contributed by atoms with van der Waals surface area (Å²) >= 11 is 1.48. The standard InChI is InChI=1S/C21H26N4O3S/c26-19(22-15-4-1-2-5-15)13-29-21-24-23-20(25(21)16-7-8-16)14-6-9-17-18(12-14)28-11-3-10-27-17/h6,9,12,15-16H,1-5,7-8,10-11,13H2,(H,22,26). The highest BCUT2D eigenvalue weighted by molar-refractivity contribution is 7.99. The molecule has 154 valence electrons. The molecule has 5 rings (SSSR count). The van der Waals surface area contributed by atoms with E-state index in [1.165, 1.54) is 24.6 Å². The maximum atomic E-state index is 12.3. The molecule has 2 saturated carbocycles. The van der Waals surface area contributed by atoms with Crippen LogP contribution in [0, 0.1) is 0 Å². The third-order valence-corrected chi connectivity index (χ3v) is 6.58. The first kappa shape index (κ1) is 18.8. The number of benzene rings is 1. The summed E-state index contributed by atoms with van der Waals surface area (Å²) in [5.41, 5.74) is 0.968. The SMILES string of the molecule is O=C(CSc1nnc(-c2ccc3c(c2)OCCCO3)n1C1CC1)NC1CCCC1. The molecule has 0 atom stereocenters. The fourth-order valence-electron chi connectivity index (χ4n) is 4.01. The van der Waals surface area contributed by atoms with Gasteiger partial charge in [-0.15, -0.1) is 10.2 Å². The van der Waals surface area contributed by atoms with Gasteiger partial charge in [-0.05, 0) is 43.9 Å². The van der Waals surface area contributed by atoms with Gasteiger partial charge in [0.05, 0.1) is 19.0 Å². The molecule has 0 bridgehead atoms. The summed E-state index contributed by atoms with van der Waals surface area (Å²) in [7, 11) is 0. The number of carbonyl (C=O) groups is 1. The van der Waals surface area contributed by atoms with Crippen molar-refractivity contribution in [3.63, 3.8) is 0 Å². The first-order valence-electron chi connectivity index (χ1n) is 10.5. The van der Waals surface area contributed by atoms with Crippen molar-refractivity contribution in [1.82, 2.24) is 20.1 Å². The minimum Gasteiger partial charge on any atom is -0.490 e. The number of nitrogens with one attached hydrogen (secondary N) is 1. The van der Waals surface area contributed by atoms with E-state index in [1.54, 1.807) is 0 Å². The van der Waals surface area contributed by atoms with Crippen LogP contribution in [-0.2, 0) is 4.79 Å². The molecule has 1 aromatic carbocycles. The van der Waals surface area contributed by atoms with Crippen molar-refractivity contribution in [2.75, 3.05) is 19.0 Å². The zero-order valence-electron chi connectivity index (χ0n) is 16.4. The fraction of sp³-hybridized carbons (Fsp3) is 0.571.